The van der Waals surface area contributed by atoms with Crippen molar-refractivity contribution in [3.63, 3.8) is 0 Å². The number of sulfonamides is 1. The average Bonchev–Trinajstić information content (AvgIpc) is 3.27. The van der Waals surface area contributed by atoms with E-state index in [1.807, 2.05) is 18.2 Å². The number of hydrogen-bond donors (Lipinski definition) is 1. The molecule has 0 aliphatic carbocycles. The molecule has 0 spiro atoms. The van der Waals surface area contributed by atoms with Gasteiger partial charge in [-0.3, -0.25) is 9.69 Å². The molecule has 1 saturated heterocycles. The number of nitrogens with one attached hydrogen (secondary N) is 1. The molecule has 0 bridgehead atoms. The molecule has 2 aromatic carbocycles. The van der Waals surface area contributed by atoms with E-state index in [-0.39, 0.29) is 17.6 Å². The molecule has 1 atom stereocenters. The average molecular weight is 462 g/mol. The van der Waals surface area contributed by atoms with Gasteiger partial charge in [-0.1, -0.05) is 6.07 Å². The van der Waals surface area contributed by atoms with Gasteiger partial charge in [-0.15, -0.1) is 0 Å². The fraction of sp³-hybridized carbons (Fsp3) is 0.409. The highest BCUT2D eigenvalue weighted by Crippen LogP contribution is 2.33. The van der Waals surface area contributed by atoms with Crippen LogP contribution in [0.3, 0.4) is 0 Å². The van der Waals surface area contributed by atoms with Gasteiger partial charge in [-0.2, -0.15) is 4.31 Å². The first-order valence-electron chi connectivity index (χ1n) is 10.5. The summed E-state index contributed by atoms with van der Waals surface area (Å²) in [6.45, 7) is 4.71. The van der Waals surface area contributed by atoms with Crippen molar-refractivity contribution in [1.29, 1.82) is 0 Å². The number of fused-ring (bicyclic) bond motifs is 1. The Balaban J connectivity index is 1.33. The van der Waals surface area contributed by atoms with Crippen molar-refractivity contribution in [3.05, 3.63) is 48.0 Å². The zero-order valence-electron chi connectivity index (χ0n) is 18.1. The number of ether oxygens (including phenoxy) is 3. The topological polar surface area (TPSA) is 97.4 Å². The first kappa shape index (κ1) is 22.4. The van der Waals surface area contributed by atoms with Crippen molar-refractivity contribution in [2.75, 3.05) is 40.0 Å². The summed E-state index contributed by atoms with van der Waals surface area (Å²) in [7, 11) is -2.06. The highest BCUT2D eigenvalue weighted by atomic mass is 32.2. The molecule has 1 amide bonds. The third kappa shape index (κ3) is 4.82. The summed E-state index contributed by atoms with van der Waals surface area (Å²) in [5.41, 5.74) is 1.10. The second-order valence-corrected chi connectivity index (χ2v) is 9.65. The summed E-state index contributed by atoms with van der Waals surface area (Å²) in [5, 5.41) is 2.51. The van der Waals surface area contributed by atoms with Gasteiger partial charge in [0.2, 0.25) is 16.8 Å². The minimum absolute atomic E-state index is 0.210. The van der Waals surface area contributed by atoms with Crippen LogP contribution in [0.4, 0.5) is 0 Å². The molecule has 0 unspecified atom stereocenters. The SMILES string of the molecule is CNC(=O)[C@@H](C)Oc1ccc(S(=O)(=O)N2CCN(Cc3ccc4c(c3)OCO4)CC2)cc1. The zero-order valence-corrected chi connectivity index (χ0v) is 18.9. The number of amides is 1. The van der Waals surface area contributed by atoms with Crippen LogP contribution in [0, 0.1) is 0 Å². The summed E-state index contributed by atoms with van der Waals surface area (Å²) in [4.78, 5) is 14.0. The monoisotopic (exact) mass is 461 g/mol. The van der Waals surface area contributed by atoms with Gasteiger partial charge in [0.1, 0.15) is 5.75 Å². The van der Waals surface area contributed by atoms with Crippen molar-refractivity contribution < 1.29 is 27.4 Å². The molecule has 172 valence electrons. The third-order valence-corrected chi connectivity index (χ3v) is 7.48. The van der Waals surface area contributed by atoms with Gasteiger partial charge >= 0.3 is 0 Å². The summed E-state index contributed by atoms with van der Waals surface area (Å²) in [5.74, 6) is 1.69. The van der Waals surface area contributed by atoms with E-state index >= 15 is 0 Å². The summed E-state index contributed by atoms with van der Waals surface area (Å²) < 4.78 is 43.9. The minimum atomic E-state index is -3.60. The third-order valence-electron chi connectivity index (χ3n) is 5.56. The van der Waals surface area contributed by atoms with E-state index in [1.165, 1.54) is 23.5 Å². The Morgan fingerprint density at radius 1 is 1.06 bits per heavy atom. The Morgan fingerprint density at radius 3 is 2.44 bits per heavy atom. The molecule has 0 radical (unpaired) electrons. The number of piperazine rings is 1. The van der Waals surface area contributed by atoms with E-state index in [1.54, 1.807) is 19.1 Å². The summed E-state index contributed by atoms with van der Waals surface area (Å²) >= 11 is 0. The van der Waals surface area contributed by atoms with E-state index < -0.39 is 16.1 Å². The van der Waals surface area contributed by atoms with E-state index in [9.17, 15) is 13.2 Å². The lowest BCUT2D eigenvalue weighted by molar-refractivity contribution is -0.126. The zero-order chi connectivity index (χ0) is 22.7. The van der Waals surface area contributed by atoms with Crippen LogP contribution in [0.15, 0.2) is 47.4 Å². The molecule has 10 heteroatoms. The number of hydrogen-bond acceptors (Lipinski definition) is 7. The Labute approximate surface area is 187 Å². The van der Waals surface area contributed by atoms with Crippen molar-refractivity contribution in [1.82, 2.24) is 14.5 Å². The first-order valence-corrected chi connectivity index (χ1v) is 11.9. The van der Waals surface area contributed by atoms with E-state index in [0.29, 0.717) is 31.9 Å². The van der Waals surface area contributed by atoms with E-state index in [4.69, 9.17) is 14.2 Å². The first-order chi connectivity index (χ1) is 15.4. The minimum Gasteiger partial charge on any atom is -0.481 e. The molecule has 9 nitrogen and oxygen atoms in total. The van der Waals surface area contributed by atoms with Gasteiger partial charge in [-0.25, -0.2) is 8.42 Å². The fourth-order valence-electron chi connectivity index (χ4n) is 3.73. The molecule has 4 rings (SSSR count). The van der Waals surface area contributed by atoms with Crippen molar-refractivity contribution >= 4 is 15.9 Å². The van der Waals surface area contributed by atoms with Crippen LogP contribution < -0.4 is 19.5 Å². The maximum Gasteiger partial charge on any atom is 0.260 e. The smallest absolute Gasteiger partial charge is 0.260 e. The molecular weight excluding hydrogens is 434 g/mol. The van der Waals surface area contributed by atoms with Crippen LogP contribution in [0.25, 0.3) is 0 Å². The largest absolute Gasteiger partial charge is 0.481 e. The van der Waals surface area contributed by atoms with Crippen LogP contribution in [-0.2, 0) is 21.4 Å². The molecule has 2 aromatic rings. The standard InChI is InChI=1S/C22H27N3O6S/c1-16(22(26)23-2)31-18-4-6-19(7-5-18)32(27,28)25-11-9-24(10-12-25)14-17-3-8-20-21(13-17)30-15-29-20/h3-8,13,16H,9-12,14-15H2,1-2H3,(H,23,26)/t16-/m1/s1. The van der Waals surface area contributed by atoms with Crippen LogP contribution in [-0.4, -0.2) is 69.7 Å². The number of rotatable bonds is 7. The van der Waals surface area contributed by atoms with Crippen LogP contribution in [0.2, 0.25) is 0 Å². The predicted molar refractivity (Wildman–Crippen MR) is 117 cm³/mol. The normalized spacial score (nSPS) is 17.7. The van der Waals surface area contributed by atoms with Gasteiger partial charge in [0.15, 0.2) is 17.6 Å². The lowest BCUT2D eigenvalue weighted by atomic mass is 10.2. The molecule has 2 aliphatic rings. The quantitative estimate of drug-likeness (QED) is 0.666. The maximum atomic E-state index is 13.0. The van der Waals surface area contributed by atoms with Crippen molar-refractivity contribution in [3.8, 4) is 17.2 Å². The molecule has 32 heavy (non-hydrogen) atoms. The van der Waals surface area contributed by atoms with E-state index in [2.05, 4.69) is 10.2 Å². The number of carbonyl (C=O) groups is 1. The molecule has 0 aromatic heterocycles. The molecule has 0 saturated carbocycles. The van der Waals surface area contributed by atoms with Crippen molar-refractivity contribution in [2.24, 2.45) is 0 Å². The summed E-state index contributed by atoms with van der Waals surface area (Å²) in [6, 6.07) is 12.1. The Bertz CT molecular complexity index is 1070. The second-order valence-electron chi connectivity index (χ2n) is 7.71. The molecular formula is C22H27N3O6S. The lowest BCUT2D eigenvalue weighted by Gasteiger charge is -2.34. The molecule has 1 N–H and O–H groups in total. The highest BCUT2D eigenvalue weighted by molar-refractivity contribution is 7.89. The molecule has 2 aliphatic heterocycles. The van der Waals surface area contributed by atoms with Gasteiger partial charge in [0.25, 0.3) is 5.91 Å². The van der Waals surface area contributed by atoms with Gasteiger partial charge < -0.3 is 19.5 Å². The van der Waals surface area contributed by atoms with Crippen LogP contribution >= 0.6 is 0 Å². The number of nitrogens with zero attached hydrogens (tertiary/aromatic N) is 2. The maximum absolute atomic E-state index is 13.0. The van der Waals surface area contributed by atoms with Crippen LogP contribution in [0.5, 0.6) is 17.2 Å². The number of benzene rings is 2. The molecule has 1 fully saturated rings. The number of likely N-dealkylation sites (N-methyl/N-ethyl adjacent to an activating group) is 1. The summed E-state index contributed by atoms with van der Waals surface area (Å²) in [6.07, 6.45) is -0.666. The second kappa shape index (κ2) is 9.35. The van der Waals surface area contributed by atoms with E-state index in [0.717, 1.165) is 23.6 Å². The Kier molecular flexibility index (Phi) is 6.54. The highest BCUT2D eigenvalue weighted by Gasteiger charge is 2.29. The fourth-order valence-corrected chi connectivity index (χ4v) is 5.15. The van der Waals surface area contributed by atoms with Crippen LogP contribution in [0.1, 0.15) is 12.5 Å². The van der Waals surface area contributed by atoms with Crippen molar-refractivity contribution in [2.45, 2.75) is 24.5 Å². The van der Waals surface area contributed by atoms with Gasteiger partial charge in [0.05, 0.1) is 4.90 Å². The van der Waals surface area contributed by atoms with Gasteiger partial charge in [-0.05, 0) is 48.9 Å². The Morgan fingerprint density at radius 2 is 1.75 bits per heavy atom. The predicted octanol–water partition coefficient (Wildman–Crippen LogP) is 1.44. The lowest BCUT2D eigenvalue weighted by Crippen LogP contribution is -2.48. The molecule has 2 heterocycles. The number of carbonyl (C=O) groups excluding carboxylic acids is 1. The van der Waals surface area contributed by atoms with Gasteiger partial charge in [0, 0.05) is 39.8 Å². The Hall–Kier alpha value is -2.82.